The maximum Gasteiger partial charge on any atom is 0.254 e. The zero-order valence-electron chi connectivity index (χ0n) is 10.2. The Balaban J connectivity index is 2.60. The lowest BCUT2D eigenvalue weighted by molar-refractivity contribution is 0.0921. The Bertz CT molecular complexity index is 498. The van der Waals surface area contributed by atoms with E-state index >= 15 is 0 Å². The first-order valence-corrected chi connectivity index (χ1v) is 7.22. The third-order valence-electron chi connectivity index (χ3n) is 1.96. The predicted octanol–water partition coefficient (Wildman–Crippen LogP) is -0.354. The second-order valence-corrected chi connectivity index (χ2v) is 5.39. The van der Waals surface area contributed by atoms with Crippen LogP contribution in [0.1, 0.15) is 17.3 Å². The van der Waals surface area contributed by atoms with Gasteiger partial charge in [-0.2, -0.15) is 0 Å². The van der Waals surface area contributed by atoms with Crippen LogP contribution in [-0.2, 0) is 14.6 Å². The lowest BCUT2D eigenvalue weighted by Crippen LogP contribution is -2.27. The highest BCUT2D eigenvalue weighted by Crippen LogP contribution is 2.01. The maximum atomic E-state index is 11.6. The third-order valence-corrected chi connectivity index (χ3v) is 2.83. The molecule has 1 heterocycles. The molecule has 0 unspecified atom stereocenters. The second kappa shape index (κ2) is 6.41. The number of hydrogen-bond acceptors (Lipinski definition) is 6. The van der Waals surface area contributed by atoms with E-state index < -0.39 is 9.84 Å². The van der Waals surface area contributed by atoms with Gasteiger partial charge >= 0.3 is 0 Å². The van der Waals surface area contributed by atoms with Crippen molar-refractivity contribution in [3.05, 3.63) is 18.0 Å². The average molecular weight is 273 g/mol. The van der Waals surface area contributed by atoms with Crippen molar-refractivity contribution in [2.75, 3.05) is 26.0 Å². The van der Waals surface area contributed by atoms with Gasteiger partial charge in [-0.25, -0.2) is 18.4 Å². The Morgan fingerprint density at radius 3 is 2.50 bits per heavy atom. The molecule has 0 aliphatic heterocycles. The van der Waals surface area contributed by atoms with E-state index in [4.69, 9.17) is 4.74 Å². The van der Waals surface area contributed by atoms with Gasteiger partial charge in [0.1, 0.15) is 0 Å². The van der Waals surface area contributed by atoms with E-state index in [0.29, 0.717) is 19.8 Å². The standard InChI is InChI=1S/C10H15N3O4S/c1-3-17-5-4-11-9(14)8-6-12-10(13-7-8)18(2,15)16/h6-7H,3-5H2,1-2H3,(H,11,14). The van der Waals surface area contributed by atoms with Crippen LogP contribution in [0.3, 0.4) is 0 Å². The number of nitrogens with zero attached hydrogens (tertiary/aromatic N) is 2. The maximum absolute atomic E-state index is 11.6. The van der Waals surface area contributed by atoms with Gasteiger partial charge in [0.2, 0.25) is 15.0 Å². The summed E-state index contributed by atoms with van der Waals surface area (Å²) in [5.74, 6) is -0.366. The first-order valence-electron chi connectivity index (χ1n) is 5.33. The van der Waals surface area contributed by atoms with Crippen LogP contribution in [0.4, 0.5) is 0 Å². The predicted molar refractivity (Wildman–Crippen MR) is 64.0 cm³/mol. The number of hydrogen-bond donors (Lipinski definition) is 1. The molecule has 1 aromatic rings. The molecule has 0 atom stereocenters. The van der Waals surface area contributed by atoms with E-state index in [0.717, 1.165) is 6.26 Å². The van der Waals surface area contributed by atoms with Crippen LogP contribution in [0, 0.1) is 0 Å². The van der Waals surface area contributed by atoms with Crippen LogP contribution in [0.25, 0.3) is 0 Å². The highest BCUT2D eigenvalue weighted by molar-refractivity contribution is 7.90. The summed E-state index contributed by atoms with van der Waals surface area (Å²) in [5.41, 5.74) is 0.207. The van der Waals surface area contributed by atoms with E-state index in [-0.39, 0.29) is 16.6 Å². The number of amides is 1. The Labute approximate surface area is 106 Å². The van der Waals surface area contributed by atoms with Gasteiger partial charge in [-0.15, -0.1) is 0 Å². The van der Waals surface area contributed by atoms with Crippen LogP contribution in [0.15, 0.2) is 17.6 Å². The topological polar surface area (TPSA) is 98.2 Å². The number of ether oxygens (including phenoxy) is 1. The fraction of sp³-hybridized carbons (Fsp3) is 0.500. The van der Waals surface area contributed by atoms with E-state index in [1.165, 1.54) is 12.4 Å². The summed E-state index contributed by atoms with van der Waals surface area (Å²) >= 11 is 0. The summed E-state index contributed by atoms with van der Waals surface area (Å²) in [6.45, 7) is 3.24. The number of nitrogens with one attached hydrogen (secondary N) is 1. The largest absolute Gasteiger partial charge is 0.380 e. The summed E-state index contributed by atoms with van der Waals surface area (Å²) in [6.07, 6.45) is 3.36. The van der Waals surface area contributed by atoms with Gasteiger partial charge in [-0.1, -0.05) is 0 Å². The summed E-state index contributed by atoms with van der Waals surface area (Å²) in [4.78, 5) is 18.8. The van der Waals surface area contributed by atoms with E-state index in [2.05, 4.69) is 15.3 Å². The lowest BCUT2D eigenvalue weighted by Gasteiger charge is -2.04. The molecule has 7 nitrogen and oxygen atoms in total. The zero-order valence-corrected chi connectivity index (χ0v) is 11.0. The molecule has 0 aromatic carbocycles. The van der Waals surface area contributed by atoms with Crippen LogP contribution in [-0.4, -0.2) is 50.3 Å². The van der Waals surface area contributed by atoms with Gasteiger partial charge in [0.05, 0.1) is 12.2 Å². The molecule has 1 aromatic heterocycles. The van der Waals surface area contributed by atoms with E-state index in [1.54, 1.807) is 0 Å². The van der Waals surface area contributed by atoms with E-state index in [1.807, 2.05) is 6.92 Å². The molecular formula is C10H15N3O4S. The lowest BCUT2D eigenvalue weighted by atomic mass is 10.3. The molecule has 8 heteroatoms. The molecule has 18 heavy (non-hydrogen) atoms. The number of aromatic nitrogens is 2. The average Bonchev–Trinajstić information content (AvgIpc) is 2.33. The highest BCUT2D eigenvalue weighted by Gasteiger charge is 2.12. The van der Waals surface area contributed by atoms with Crippen LogP contribution >= 0.6 is 0 Å². The smallest absolute Gasteiger partial charge is 0.254 e. The fourth-order valence-corrected chi connectivity index (χ4v) is 1.60. The second-order valence-electron chi connectivity index (χ2n) is 3.48. The number of sulfone groups is 1. The molecule has 1 N–H and O–H groups in total. The number of carbonyl (C=O) groups is 1. The molecule has 1 rings (SSSR count). The zero-order chi connectivity index (χ0) is 13.6. The van der Waals surface area contributed by atoms with Crippen molar-refractivity contribution in [2.45, 2.75) is 12.1 Å². The van der Waals surface area contributed by atoms with Crippen molar-refractivity contribution in [2.24, 2.45) is 0 Å². The van der Waals surface area contributed by atoms with Crippen molar-refractivity contribution in [1.82, 2.24) is 15.3 Å². The Kier molecular flexibility index (Phi) is 5.17. The molecule has 1 amide bonds. The molecule has 0 fully saturated rings. The normalized spacial score (nSPS) is 11.2. The summed E-state index contributed by atoms with van der Waals surface area (Å²) in [7, 11) is -3.44. The van der Waals surface area contributed by atoms with Crippen molar-refractivity contribution in [1.29, 1.82) is 0 Å². The molecule has 0 bridgehead atoms. The number of rotatable bonds is 6. The van der Waals surface area contributed by atoms with E-state index in [9.17, 15) is 13.2 Å². The third kappa shape index (κ3) is 4.38. The van der Waals surface area contributed by atoms with Crippen LogP contribution < -0.4 is 5.32 Å². The minimum Gasteiger partial charge on any atom is -0.380 e. The van der Waals surface area contributed by atoms with Gasteiger partial charge in [0.15, 0.2) is 0 Å². The monoisotopic (exact) mass is 273 g/mol. The molecule has 0 saturated heterocycles. The summed E-state index contributed by atoms with van der Waals surface area (Å²) in [6, 6.07) is 0. The van der Waals surface area contributed by atoms with Gasteiger partial charge in [0.25, 0.3) is 5.91 Å². The van der Waals surface area contributed by atoms with Crippen molar-refractivity contribution >= 4 is 15.7 Å². The van der Waals surface area contributed by atoms with Gasteiger partial charge in [-0.3, -0.25) is 4.79 Å². The van der Waals surface area contributed by atoms with Crippen molar-refractivity contribution in [3.8, 4) is 0 Å². The van der Waals surface area contributed by atoms with Crippen molar-refractivity contribution < 1.29 is 17.9 Å². The van der Waals surface area contributed by atoms with Crippen LogP contribution in [0.5, 0.6) is 0 Å². The molecule has 100 valence electrons. The van der Waals surface area contributed by atoms with Gasteiger partial charge in [-0.05, 0) is 6.92 Å². The van der Waals surface area contributed by atoms with Gasteiger partial charge in [0, 0.05) is 31.8 Å². The Morgan fingerprint density at radius 1 is 1.39 bits per heavy atom. The first kappa shape index (κ1) is 14.5. The fourth-order valence-electron chi connectivity index (χ4n) is 1.11. The quantitative estimate of drug-likeness (QED) is 0.561. The minimum atomic E-state index is -3.44. The molecule has 0 saturated carbocycles. The molecular weight excluding hydrogens is 258 g/mol. The Morgan fingerprint density at radius 2 is 2.00 bits per heavy atom. The number of carbonyl (C=O) groups excluding carboxylic acids is 1. The highest BCUT2D eigenvalue weighted by atomic mass is 32.2. The molecule has 0 aliphatic carbocycles. The molecule has 0 aliphatic rings. The first-order chi connectivity index (χ1) is 8.45. The van der Waals surface area contributed by atoms with Crippen LogP contribution in [0.2, 0.25) is 0 Å². The Hall–Kier alpha value is -1.54. The van der Waals surface area contributed by atoms with Gasteiger partial charge < -0.3 is 10.1 Å². The molecule has 0 spiro atoms. The SMILES string of the molecule is CCOCCNC(=O)c1cnc(S(C)(=O)=O)nc1. The minimum absolute atomic E-state index is 0.207. The van der Waals surface area contributed by atoms with Crippen molar-refractivity contribution in [3.63, 3.8) is 0 Å². The summed E-state index contributed by atoms with van der Waals surface area (Å²) in [5, 5.41) is 2.30. The molecule has 0 radical (unpaired) electrons. The summed E-state index contributed by atoms with van der Waals surface area (Å²) < 4.78 is 27.3.